The van der Waals surface area contributed by atoms with Crippen LogP contribution in [0.5, 0.6) is 0 Å². The first kappa shape index (κ1) is 15.0. The predicted molar refractivity (Wildman–Crippen MR) is 79.5 cm³/mol. The number of hydrogen-bond donors (Lipinski definition) is 2. The third kappa shape index (κ3) is 4.28. The minimum atomic E-state index is 0.0325. The zero-order valence-electron chi connectivity index (χ0n) is 11.8. The summed E-state index contributed by atoms with van der Waals surface area (Å²) in [7, 11) is 0. The van der Waals surface area contributed by atoms with Crippen LogP contribution in [0.2, 0.25) is 0 Å². The van der Waals surface area contributed by atoms with E-state index in [2.05, 4.69) is 12.2 Å². The molecule has 110 valence electrons. The average molecular weight is 286 g/mol. The van der Waals surface area contributed by atoms with Gasteiger partial charge in [-0.05, 0) is 31.4 Å². The van der Waals surface area contributed by atoms with Gasteiger partial charge in [-0.25, -0.2) is 4.79 Å². The van der Waals surface area contributed by atoms with Crippen molar-refractivity contribution in [1.29, 1.82) is 0 Å². The molecule has 4 nitrogen and oxygen atoms in total. The molecule has 0 aromatic carbocycles. The van der Waals surface area contributed by atoms with Crippen LogP contribution in [0.15, 0.2) is 0 Å². The first-order chi connectivity index (χ1) is 9.26. The minimum Gasteiger partial charge on any atom is -0.395 e. The highest BCUT2D eigenvalue weighted by molar-refractivity contribution is 7.99. The number of aliphatic hydroxyl groups is 1. The third-order valence-electron chi connectivity index (χ3n) is 3.98. The Balaban J connectivity index is 1.87. The molecular formula is C14H26N2O2S. The van der Waals surface area contributed by atoms with Gasteiger partial charge in [0.25, 0.3) is 0 Å². The van der Waals surface area contributed by atoms with E-state index in [0.29, 0.717) is 23.9 Å². The number of hydrogen-bond acceptors (Lipinski definition) is 3. The molecule has 0 aromatic rings. The maximum absolute atomic E-state index is 12.3. The van der Waals surface area contributed by atoms with Gasteiger partial charge in [-0.3, -0.25) is 0 Å². The van der Waals surface area contributed by atoms with E-state index in [1.54, 1.807) is 0 Å². The summed E-state index contributed by atoms with van der Waals surface area (Å²) in [5, 5.41) is 12.9. The normalized spacial score (nSPS) is 27.1. The molecule has 0 aliphatic heterocycles. The van der Waals surface area contributed by atoms with Crippen LogP contribution in [-0.2, 0) is 0 Å². The SMILES string of the molecule is CCSC1CCCCC1NC(=O)N(CCO)C1CC1. The van der Waals surface area contributed by atoms with Gasteiger partial charge in [0, 0.05) is 23.9 Å². The molecule has 0 radical (unpaired) electrons. The Morgan fingerprint density at radius 2 is 2.05 bits per heavy atom. The number of carbonyl (C=O) groups is 1. The standard InChI is InChI=1S/C14H26N2O2S/c1-2-19-13-6-4-3-5-12(13)15-14(18)16(9-10-17)11-7-8-11/h11-13,17H,2-10H2,1H3,(H,15,18). The molecule has 0 bridgehead atoms. The van der Waals surface area contributed by atoms with Gasteiger partial charge < -0.3 is 15.3 Å². The number of carbonyl (C=O) groups excluding carboxylic acids is 1. The number of rotatable bonds is 6. The van der Waals surface area contributed by atoms with E-state index in [0.717, 1.165) is 25.0 Å². The number of nitrogens with one attached hydrogen (secondary N) is 1. The van der Waals surface area contributed by atoms with E-state index < -0.39 is 0 Å². The molecule has 2 aliphatic carbocycles. The highest BCUT2D eigenvalue weighted by Gasteiger charge is 2.34. The highest BCUT2D eigenvalue weighted by atomic mass is 32.2. The predicted octanol–water partition coefficient (Wildman–Crippen LogP) is 2.22. The lowest BCUT2D eigenvalue weighted by Crippen LogP contribution is -2.51. The van der Waals surface area contributed by atoms with Gasteiger partial charge in [-0.15, -0.1) is 0 Å². The van der Waals surface area contributed by atoms with Crippen LogP contribution in [0.4, 0.5) is 4.79 Å². The number of nitrogens with zero attached hydrogens (tertiary/aromatic N) is 1. The van der Waals surface area contributed by atoms with Crippen molar-refractivity contribution in [3.63, 3.8) is 0 Å². The van der Waals surface area contributed by atoms with Crippen LogP contribution in [0.3, 0.4) is 0 Å². The quantitative estimate of drug-likeness (QED) is 0.787. The summed E-state index contributed by atoms with van der Waals surface area (Å²) < 4.78 is 0. The minimum absolute atomic E-state index is 0.0325. The highest BCUT2D eigenvalue weighted by Crippen LogP contribution is 2.30. The smallest absolute Gasteiger partial charge is 0.317 e. The topological polar surface area (TPSA) is 52.6 Å². The fourth-order valence-electron chi connectivity index (χ4n) is 2.86. The summed E-state index contributed by atoms with van der Waals surface area (Å²) in [5.74, 6) is 1.11. The summed E-state index contributed by atoms with van der Waals surface area (Å²) in [4.78, 5) is 14.1. The molecular weight excluding hydrogens is 260 g/mol. The maximum Gasteiger partial charge on any atom is 0.317 e. The third-order valence-corrected chi connectivity index (χ3v) is 5.31. The molecule has 2 aliphatic rings. The van der Waals surface area contributed by atoms with Gasteiger partial charge in [-0.1, -0.05) is 19.8 Å². The summed E-state index contributed by atoms with van der Waals surface area (Å²) in [6.45, 7) is 2.71. The Labute approximate surface area is 120 Å². The molecule has 0 saturated heterocycles. The molecule has 19 heavy (non-hydrogen) atoms. The second-order valence-corrected chi connectivity index (χ2v) is 7.00. The molecule has 2 rings (SSSR count). The van der Waals surface area contributed by atoms with Crippen LogP contribution < -0.4 is 5.32 Å². The van der Waals surface area contributed by atoms with Gasteiger partial charge in [0.1, 0.15) is 0 Å². The monoisotopic (exact) mass is 286 g/mol. The molecule has 2 N–H and O–H groups in total. The van der Waals surface area contributed by atoms with Crippen LogP contribution in [0, 0.1) is 0 Å². The lowest BCUT2D eigenvalue weighted by molar-refractivity contribution is 0.168. The van der Waals surface area contributed by atoms with Gasteiger partial charge in [0.05, 0.1) is 6.61 Å². The largest absolute Gasteiger partial charge is 0.395 e. The number of urea groups is 1. The van der Waals surface area contributed by atoms with E-state index in [9.17, 15) is 4.79 Å². The number of amides is 2. The molecule has 2 fully saturated rings. The second-order valence-electron chi connectivity index (χ2n) is 5.48. The average Bonchev–Trinajstić information content (AvgIpc) is 3.23. The Kier molecular flexibility index (Phi) is 5.82. The first-order valence-electron chi connectivity index (χ1n) is 7.55. The number of thioether (sulfide) groups is 1. The first-order valence-corrected chi connectivity index (χ1v) is 8.60. The van der Waals surface area contributed by atoms with Crippen molar-refractivity contribution in [2.75, 3.05) is 18.9 Å². The van der Waals surface area contributed by atoms with E-state index in [-0.39, 0.29) is 12.6 Å². The van der Waals surface area contributed by atoms with E-state index in [1.165, 1.54) is 19.3 Å². The van der Waals surface area contributed by atoms with Crippen LogP contribution in [0.1, 0.15) is 45.4 Å². The van der Waals surface area contributed by atoms with Crippen molar-refractivity contribution < 1.29 is 9.90 Å². The molecule has 0 spiro atoms. The Morgan fingerprint density at radius 1 is 1.32 bits per heavy atom. The van der Waals surface area contributed by atoms with E-state index >= 15 is 0 Å². The Bertz CT molecular complexity index is 295. The molecule has 0 aromatic heterocycles. The van der Waals surface area contributed by atoms with Crippen LogP contribution in [0.25, 0.3) is 0 Å². The molecule has 2 atom stereocenters. The molecule has 0 heterocycles. The van der Waals surface area contributed by atoms with Gasteiger partial charge in [-0.2, -0.15) is 11.8 Å². The molecule has 2 unspecified atom stereocenters. The van der Waals surface area contributed by atoms with Crippen molar-refractivity contribution >= 4 is 17.8 Å². The van der Waals surface area contributed by atoms with Crippen molar-refractivity contribution in [1.82, 2.24) is 10.2 Å². The van der Waals surface area contributed by atoms with E-state index in [4.69, 9.17) is 5.11 Å². The fourth-order valence-corrected chi connectivity index (χ4v) is 4.06. The molecule has 2 amide bonds. The fraction of sp³-hybridized carbons (Fsp3) is 0.929. The van der Waals surface area contributed by atoms with Crippen LogP contribution in [-0.4, -0.2) is 52.3 Å². The van der Waals surface area contributed by atoms with Gasteiger partial charge in [0.15, 0.2) is 0 Å². The van der Waals surface area contributed by atoms with Gasteiger partial charge in [0.2, 0.25) is 0 Å². The molecule has 2 saturated carbocycles. The Morgan fingerprint density at radius 3 is 2.68 bits per heavy atom. The summed E-state index contributed by atoms with van der Waals surface area (Å²) in [6.07, 6.45) is 6.99. The lowest BCUT2D eigenvalue weighted by atomic mass is 9.95. The second kappa shape index (κ2) is 7.39. The summed E-state index contributed by atoms with van der Waals surface area (Å²) in [6, 6.07) is 0.712. The zero-order chi connectivity index (χ0) is 13.7. The Hall–Kier alpha value is -0.420. The zero-order valence-corrected chi connectivity index (χ0v) is 12.6. The van der Waals surface area contributed by atoms with Crippen molar-refractivity contribution in [2.24, 2.45) is 0 Å². The van der Waals surface area contributed by atoms with Crippen molar-refractivity contribution in [3.8, 4) is 0 Å². The maximum atomic E-state index is 12.3. The van der Waals surface area contributed by atoms with Crippen molar-refractivity contribution in [2.45, 2.75) is 62.8 Å². The van der Waals surface area contributed by atoms with Crippen LogP contribution >= 0.6 is 11.8 Å². The lowest BCUT2D eigenvalue weighted by Gasteiger charge is -2.33. The summed E-state index contributed by atoms with van der Waals surface area (Å²) in [5.41, 5.74) is 0. The van der Waals surface area contributed by atoms with Gasteiger partial charge >= 0.3 is 6.03 Å². The van der Waals surface area contributed by atoms with E-state index in [1.807, 2.05) is 16.7 Å². The molecule has 5 heteroatoms. The number of aliphatic hydroxyl groups excluding tert-OH is 1. The van der Waals surface area contributed by atoms with Crippen molar-refractivity contribution in [3.05, 3.63) is 0 Å². The summed E-state index contributed by atoms with van der Waals surface area (Å²) >= 11 is 1.97.